The number of ether oxygens (including phenoxy) is 1. The number of hydrogen-bond acceptors (Lipinski definition) is 4. The van der Waals surface area contributed by atoms with Gasteiger partial charge in [-0.05, 0) is 19.8 Å². The van der Waals surface area contributed by atoms with E-state index in [0.29, 0.717) is 6.04 Å². The lowest BCUT2D eigenvalue weighted by Gasteiger charge is -2.38. The molecule has 0 bridgehead atoms. The molecule has 2 aliphatic rings. The molecule has 112 valence electrons. The zero-order valence-corrected chi connectivity index (χ0v) is 12.7. The van der Waals surface area contributed by atoms with Crippen LogP contribution in [0, 0.1) is 0 Å². The highest BCUT2D eigenvalue weighted by atomic mass is 16.5. The molecule has 0 amide bonds. The first-order valence-corrected chi connectivity index (χ1v) is 7.98. The van der Waals surface area contributed by atoms with Gasteiger partial charge in [0.25, 0.3) is 0 Å². The van der Waals surface area contributed by atoms with Gasteiger partial charge in [-0.25, -0.2) is 0 Å². The Kier molecular flexibility index (Phi) is 6.57. The van der Waals surface area contributed by atoms with Gasteiger partial charge >= 0.3 is 0 Å². The van der Waals surface area contributed by atoms with E-state index < -0.39 is 0 Å². The molecule has 0 spiro atoms. The third-order valence-corrected chi connectivity index (χ3v) is 4.59. The van der Waals surface area contributed by atoms with Crippen molar-refractivity contribution in [2.75, 3.05) is 53.0 Å². The van der Waals surface area contributed by atoms with Crippen molar-refractivity contribution in [3.63, 3.8) is 0 Å². The summed E-state index contributed by atoms with van der Waals surface area (Å²) in [6.07, 6.45) is 5.78. The summed E-state index contributed by atoms with van der Waals surface area (Å²) in [5, 5.41) is 3.52. The molecule has 1 saturated heterocycles. The van der Waals surface area contributed by atoms with Gasteiger partial charge in [0.15, 0.2) is 0 Å². The number of nitrogens with zero attached hydrogens (tertiary/aromatic N) is 2. The normalized spacial score (nSPS) is 24.9. The Labute approximate surface area is 118 Å². The molecule has 0 aromatic heterocycles. The maximum absolute atomic E-state index is 5.13. The van der Waals surface area contributed by atoms with E-state index in [0.717, 1.165) is 19.2 Å². The summed E-state index contributed by atoms with van der Waals surface area (Å²) in [5.74, 6) is 0. The summed E-state index contributed by atoms with van der Waals surface area (Å²) in [6.45, 7) is 10.3. The van der Waals surface area contributed by atoms with Crippen LogP contribution >= 0.6 is 0 Å². The maximum Gasteiger partial charge on any atom is 0.0613 e. The number of piperazine rings is 1. The van der Waals surface area contributed by atoms with Crippen molar-refractivity contribution in [3.8, 4) is 0 Å². The minimum absolute atomic E-state index is 0.463. The third-order valence-electron chi connectivity index (χ3n) is 4.59. The highest BCUT2D eigenvalue weighted by Gasteiger charge is 2.25. The second-order valence-corrected chi connectivity index (χ2v) is 6.13. The summed E-state index contributed by atoms with van der Waals surface area (Å²) in [5.41, 5.74) is 0. The Bertz CT molecular complexity index is 236. The monoisotopic (exact) mass is 269 g/mol. The number of methoxy groups -OCH3 is 1. The Balaban J connectivity index is 1.55. The van der Waals surface area contributed by atoms with Gasteiger partial charge in [-0.3, -0.25) is 9.80 Å². The molecule has 1 aliphatic heterocycles. The topological polar surface area (TPSA) is 27.7 Å². The number of rotatable bonds is 7. The number of hydrogen-bond donors (Lipinski definition) is 1. The molecular formula is C15H31N3O. The van der Waals surface area contributed by atoms with Crippen molar-refractivity contribution in [2.45, 2.75) is 44.7 Å². The summed E-state index contributed by atoms with van der Waals surface area (Å²) < 4.78 is 5.13. The van der Waals surface area contributed by atoms with Crippen LogP contribution in [0.1, 0.15) is 32.6 Å². The average Bonchev–Trinajstić information content (AvgIpc) is 2.94. The minimum Gasteiger partial charge on any atom is -0.383 e. The van der Waals surface area contributed by atoms with Crippen molar-refractivity contribution in [3.05, 3.63) is 0 Å². The summed E-state index contributed by atoms with van der Waals surface area (Å²) >= 11 is 0. The lowest BCUT2D eigenvalue weighted by molar-refractivity contribution is 0.0967. The third kappa shape index (κ3) is 5.03. The molecule has 19 heavy (non-hydrogen) atoms. The van der Waals surface area contributed by atoms with Crippen LogP contribution in [0.2, 0.25) is 0 Å². The second kappa shape index (κ2) is 8.20. The molecule has 0 radical (unpaired) electrons. The molecule has 1 unspecified atom stereocenters. The van der Waals surface area contributed by atoms with Crippen LogP contribution in [0.5, 0.6) is 0 Å². The molecule has 1 heterocycles. The molecule has 2 rings (SSSR count). The predicted octanol–water partition coefficient (Wildman–Crippen LogP) is 1.17. The molecule has 1 aliphatic carbocycles. The van der Waals surface area contributed by atoms with Crippen molar-refractivity contribution < 1.29 is 4.74 Å². The van der Waals surface area contributed by atoms with Crippen molar-refractivity contribution in [2.24, 2.45) is 0 Å². The fraction of sp³-hybridized carbons (Fsp3) is 1.00. The fourth-order valence-corrected chi connectivity index (χ4v) is 3.40. The van der Waals surface area contributed by atoms with Gasteiger partial charge in [0.2, 0.25) is 0 Å². The van der Waals surface area contributed by atoms with Gasteiger partial charge in [0, 0.05) is 58.5 Å². The van der Waals surface area contributed by atoms with Crippen molar-refractivity contribution >= 4 is 0 Å². The first-order valence-electron chi connectivity index (χ1n) is 7.98. The zero-order valence-electron chi connectivity index (χ0n) is 12.7. The van der Waals surface area contributed by atoms with Gasteiger partial charge in [-0.15, -0.1) is 0 Å². The molecule has 1 saturated carbocycles. The Morgan fingerprint density at radius 1 is 1.16 bits per heavy atom. The molecule has 2 fully saturated rings. The standard InChI is InChI=1S/C15H31N3O/c1-14(13-19-2)16-7-8-17-9-11-18(12-10-17)15-5-3-4-6-15/h14-16H,3-13H2,1-2H3. The SMILES string of the molecule is COCC(C)NCCN1CCN(C2CCCC2)CC1. The molecule has 1 atom stereocenters. The lowest BCUT2D eigenvalue weighted by Crippen LogP contribution is -2.51. The second-order valence-electron chi connectivity index (χ2n) is 6.13. The zero-order chi connectivity index (χ0) is 13.5. The van der Waals surface area contributed by atoms with E-state index in [-0.39, 0.29) is 0 Å². The fourth-order valence-electron chi connectivity index (χ4n) is 3.40. The van der Waals surface area contributed by atoms with Gasteiger partial charge < -0.3 is 10.1 Å². The molecule has 0 aromatic carbocycles. The van der Waals surface area contributed by atoms with E-state index in [1.165, 1.54) is 58.4 Å². The van der Waals surface area contributed by atoms with Gasteiger partial charge in [0.1, 0.15) is 0 Å². The average molecular weight is 269 g/mol. The summed E-state index contributed by atoms with van der Waals surface area (Å²) in [6, 6.07) is 1.37. The quantitative estimate of drug-likeness (QED) is 0.751. The highest BCUT2D eigenvalue weighted by Crippen LogP contribution is 2.24. The van der Waals surface area contributed by atoms with Gasteiger partial charge in [0.05, 0.1) is 6.61 Å². The van der Waals surface area contributed by atoms with Crippen LogP contribution in [0.15, 0.2) is 0 Å². The van der Waals surface area contributed by atoms with E-state index in [1.807, 2.05) is 0 Å². The molecule has 1 N–H and O–H groups in total. The van der Waals surface area contributed by atoms with Gasteiger partial charge in [-0.2, -0.15) is 0 Å². The Morgan fingerprint density at radius 3 is 2.47 bits per heavy atom. The molecule has 4 nitrogen and oxygen atoms in total. The summed E-state index contributed by atoms with van der Waals surface area (Å²) in [4.78, 5) is 5.32. The Hall–Kier alpha value is -0.160. The van der Waals surface area contributed by atoms with Crippen LogP contribution in [-0.4, -0.2) is 74.9 Å². The van der Waals surface area contributed by atoms with Crippen LogP contribution < -0.4 is 5.32 Å². The predicted molar refractivity (Wildman–Crippen MR) is 79.6 cm³/mol. The smallest absolute Gasteiger partial charge is 0.0613 e. The lowest BCUT2D eigenvalue weighted by atomic mass is 10.2. The van der Waals surface area contributed by atoms with E-state index in [9.17, 15) is 0 Å². The maximum atomic E-state index is 5.13. The Morgan fingerprint density at radius 2 is 1.84 bits per heavy atom. The van der Waals surface area contributed by atoms with Crippen LogP contribution in [0.25, 0.3) is 0 Å². The van der Waals surface area contributed by atoms with E-state index >= 15 is 0 Å². The molecular weight excluding hydrogens is 238 g/mol. The first kappa shape index (κ1) is 15.2. The van der Waals surface area contributed by atoms with Crippen molar-refractivity contribution in [1.82, 2.24) is 15.1 Å². The largest absolute Gasteiger partial charge is 0.383 e. The first-order chi connectivity index (χ1) is 9.29. The minimum atomic E-state index is 0.463. The summed E-state index contributed by atoms with van der Waals surface area (Å²) in [7, 11) is 1.76. The molecule has 4 heteroatoms. The van der Waals surface area contributed by atoms with Crippen LogP contribution in [-0.2, 0) is 4.74 Å². The highest BCUT2D eigenvalue weighted by molar-refractivity contribution is 4.82. The van der Waals surface area contributed by atoms with E-state index in [2.05, 4.69) is 22.0 Å². The van der Waals surface area contributed by atoms with E-state index in [1.54, 1.807) is 7.11 Å². The van der Waals surface area contributed by atoms with Crippen molar-refractivity contribution in [1.29, 1.82) is 0 Å². The van der Waals surface area contributed by atoms with Crippen LogP contribution in [0.4, 0.5) is 0 Å². The number of nitrogens with one attached hydrogen (secondary N) is 1. The van der Waals surface area contributed by atoms with Crippen LogP contribution in [0.3, 0.4) is 0 Å². The van der Waals surface area contributed by atoms with E-state index in [4.69, 9.17) is 4.74 Å². The van der Waals surface area contributed by atoms with Gasteiger partial charge in [-0.1, -0.05) is 12.8 Å². The molecule has 0 aromatic rings.